The van der Waals surface area contributed by atoms with Gasteiger partial charge in [-0.1, -0.05) is 13.8 Å². The fourth-order valence-electron chi connectivity index (χ4n) is 2.86. The van der Waals surface area contributed by atoms with E-state index in [1.54, 1.807) is 0 Å². The van der Waals surface area contributed by atoms with E-state index in [2.05, 4.69) is 23.9 Å². The molecule has 0 aliphatic carbocycles. The van der Waals surface area contributed by atoms with Gasteiger partial charge in [0, 0.05) is 18.1 Å². The molecular formula is C12H25ClN2O2S. The van der Waals surface area contributed by atoms with Gasteiger partial charge in [0.15, 0.2) is 0 Å². The summed E-state index contributed by atoms with van der Waals surface area (Å²) in [7, 11) is -3.07. The second-order valence-electron chi connectivity index (χ2n) is 5.93. The molecule has 0 aromatic heterocycles. The molecule has 2 atom stereocenters. The van der Waals surface area contributed by atoms with Crippen molar-refractivity contribution in [2.45, 2.75) is 64.1 Å². The van der Waals surface area contributed by atoms with E-state index in [-0.39, 0.29) is 24.2 Å². The van der Waals surface area contributed by atoms with Gasteiger partial charge in [0.1, 0.15) is 0 Å². The predicted molar refractivity (Wildman–Crippen MR) is 76.6 cm³/mol. The molecule has 0 aromatic rings. The van der Waals surface area contributed by atoms with E-state index in [1.807, 2.05) is 0 Å². The van der Waals surface area contributed by atoms with Crippen molar-refractivity contribution >= 4 is 22.4 Å². The maximum absolute atomic E-state index is 11.9. The summed E-state index contributed by atoms with van der Waals surface area (Å²) in [5, 5.41) is 3.52. The van der Waals surface area contributed by atoms with Crippen molar-refractivity contribution in [2.75, 3.05) is 5.75 Å². The molecule has 2 N–H and O–H groups in total. The Morgan fingerprint density at radius 3 is 2.28 bits per heavy atom. The predicted octanol–water partition coefficient (Wildman–Crippen LogP) is 1.66. The van der Waals surface area contributed by atoms with Gasteiger partial charge in [-0.3, -0.25) is 0 Å². The number of piperidine rings is 1. The molecule has 108 valence electrons. The van der Waals surface area contributed by atoms with E-state index < -0.39 is 10.0 Å². The number of nitrogens with one attached hydrogen (secondary N) is 2. The van der Waals surface area contributed by atoms with E-state index in [0.29, 0.717) is 18.0 Å². The molecule has 0 saturated carbocycles. The van der Waals surface area contributed by atoms with Crippen LogP contribution >= 0.6 is 12.4 Å². The van der Waals surface area contributed by atoms with Gasteiger partial charge in [0.25, 0.3) is 0 Å². The lowest BCUT2D eigenvalue weighted by molar-refractivity contribution is 0.345. The number of hydrogen-bond acceptors (Lipinski definition) is 3. The number of halogens is 1. The molecule has 0 aromatic carbocycles. The van der Waals surface area contributed by atoms with Crippen molar-refractivity contribution < 1.29 is 8.42 Å². The molecule has 2 bridgehead atoms. The second-order valence-corrected chi connectivity index (χ2v) is 7.80. The fraction of sp³-hybridized carbons (Fsp3) is 1.00. The third-order valence-corrected chi connectivity index (χ3v) is 5.25. The molecule has 2 fully saturated rings. The van der Waals surface area contributed by atoms with Gasteiger partial charge in [-0.2, -0.15) is 0 Å². The second kappa shape index (κ2) is 6.55. The van der Waals surface area contributed by atoms with E-state index in [4.69, 9.17) is 0 Å². The first kappa shape index (κ1) is 16.2. The van der Waals surface area contributed by atoms with Gasteiger partial charge in [0.2, 0.25) is 10.0 Å². The Balaban J connectivity index is 0.00000162. The molecule has 2 unspecified atom stereocenters. The van der Waals surface area contributed by atoms with Crippen LogP contribution < -0.4 is 10.0 Å². The number of hydrogen-bond donors (Lipinski definition) is 2. The lowest BCUT2D eigenvalue weighted by Crippen LogP contribution is -2.48. The molecule has 4 nitrogen and oxygen atoms in total. The van der Waals surface area contributed by atoms with E-state index in [0.717, 1.165) is 19.3 Å². The van der Waals surface area contributed by atoms with Gasteiger partial charge in [-0.05, 0) is 38.0 Å². The van der Waals surface area contributed by atoms with Gasteiger partial charge in [0.05, 0.1) is 5.75 Å². The molecule has 0 radical (unpaired) electrons. The highest BCUT2D eigenvalue weighted by atomic mass is 35.5. The Kier molecular flexibility index (Phi) is 5.90. The van der Waals surface area contributed by atoms with Crippen LogP contribution in [0.5, 0.6) is 0 Å². The third kappa shape index (κ3) is 4.68. The lowest BCUT2D eigenvalue weighted by atomic mass is 10.0. The van der Waals surface area contributed by atoms with Crippen LogP contribution in [0.1, 0.15) is 46.0 Å². The molecule has 2 saturated heterocycles. The molecule has 2 aliphatic rings. The van der Waals surface area contributed by atoms with E-state index in [1.165, 1.54) is 12.8 Å². The van der Waals surface area contributed by atoms with Crippen LogP contribution in [0.2, 0.25) is 0 Å². The van der Waals surface area contributed by atoms with Crippen LogP contribution in [0.4, 0.5) is 0 Å². The van der Waals surface area contributed by atoms with E-state index in [9.17, 15) is 8.42 Å². The lowest BCUT2D eigenvalue weighted by Gasteiger charge is -2.29. The van der Waals surface area contributed by atoms with Crippen LogP contribution in [-0.2, 0) is 10.0 Å². The summed E-state index contributed by atoms with van der Waals surface area (Å²) in [6, 6.07) is 1.23. The van der Waals surface area contributed by atoms with Crippen molar-refractivity contribution in [1.82, 2.24) is 10.0 Å². The largest absolute Gasteiger partial charge is 0.311 e. The smallest absolute Gasteiger partial charge is 0.211 e. The average molecular weight is 297 g/mol. The van der Waals surface area contributed by atoms with Crippen LogP contribution in [-0.4, -0.2) is 32.3 Å². The molecule has 6 heteroatoms. The van der Waals surface area contributed by atoms with Gasteiger partial charge < -0.3 is 5.32 Å². The summed E-state index contributed by atoms with van der Waals surface area (Å²) < 4.78 is 26.7. The first-order chi connectivity index (χ1) is 7.94. The minimum Gasteiger partial charge on any atom is -0.311 e. The van der Waals surface area contributed by atoms with Gasteiger partial charge in [-0.25, -0.2) is 13.1 Å². The molecule has 2 rings (SSSR count). The third-order valence-electron chi connectivity index (χ3n) is 3.78. The summed E-state index contributed by atoms with van der Waals surface area (Å²) in [6.45, 7) is 4.11. The standard InChI is InChI=1S/C12H24N2O2S.ClH/c1-9(2)5-6-17(15,16)14-12-7-10-3-4-11(8-12)13-10;/h9-14H,3-8H2,1-2H3;1H. The highest BCUT2D eigenvalue weighted by Crippen LogP contribution is 2.27. The van der Waals surface area contributed by atoms with Crippen LogP contribution in [0, 0.1) is 5.92 Å². The van der Waals surface area contributed by atoms with Crippen LogP contribution in [0.3, 0.4) is 0 Å². The number of rotatable bonds is 5. The molecule has 0 spiro atoms. The number of sulfonamides is 1. The Bertz CT molecular complexity index is 347. The maximum atomic E-state index is 11.9. The molecule has 2 aliphatic heterocycles. The Labute approximate surface area is 117 Å². The topological polar surface area (TPSA) is 58.2 Å². The van der Waals surface area contributed by atoms with Gasteiger partial charge >= 0.3 is 0 Å². The zero-order valence-corrected chi connectivity index (χ0v) is 12.8. The first-order valence-electron chi connectivity index (χ1n) is 6.70. The maximum Gasteiger partial charge on any atom is 0.211 e. The Morgan fingerprint density at radius 2 is 1.78 bits per heavy atom. The van der Waals surface area contributed by atoms with Crippen LogP contribution in [0.25, 0.3) is 0 Å². The van der Waals surface area contributed by atoms with Crippen molar-refractivity contribution in [1.29, 1.82) is 0 Å². The summed E-state index contributed by atoms with van der Waals surface area (Å²) in [5.41, 5.74) is 0. The molecule has 18 heavy (non-hydrogen) atoms. The van der Waals surface area contributed by atoms with Gasteiger partial charge in [-0.15, -0.1) is 12.4 Å². The minimum absolute atomic E-state index is 0. The molecule has 0 amide bonds. The Hall–Kier alpha value is 0.160. The van der Waals surface area contributed by atoms with Crippen molar-refractivity contribution in [2.24, 2.45) is 5.92 Å². The summed E-state index contributed by atoms with van der Waals surface area (Å²) in [6.07, 6.45) is 5.06. The van der Waals surface area contributed by atoms with Crippen molar-refractivity contribution in [3.05, 3.63) is 0 Å². The first-order valence-corrected chi connectivity index (χ1v) is 8.36. The van der Waals surface area contributed by atoms with Crippen molar-refractivity contribution in [3.8, 4) is 0 Å². The highest BCUT2D eigenvalue weighted by molar-refractivity contribution is 7.89. The quantitative estimate of drug-likeness (QED) is 0.811. The summed E-state index contributed by atoms with van der Waals surface area (Å²) >= 11 is 0. The highest BCUT2D eigenvalue weighted by Gasteiger charge is 2.34. The summed E-state index contributed by atoms with van der Waals surface area (Å²) in [4.78, 5) is 0. The zero-order valence-electron chi connectivity index (χ0n) is 11.2. The van der Waals surface area contributed by atoms with Crippen molar-refractivity contribution in [3.63, 3.8) is 0 Å². The zero-order chi connectivity index (χ0) is 12.5. The van der Waals surface area contributed by atoms with Crippen LogP contribution in [0.15, 0.2) is 0 Å². The fourth-order valence-corrected chi connectivity index (χ4v) is 4.46. The Morgan fingerprint density at radius 1 is 1.22 bits per heavy atom. The molecule has 2 heterocycles. The molecular weight excluding hydrogens is 272 g/mol. The SMILES string of the molecule is CC(C)CCS(=O)(=O)NC1CC2CCC(C1)N2.Cl. The van der Waals surface area contributed by atoms with E-state index >= 15 is 0 Å². The summed E-state index contributed by atoms with van der Waals surface area (Å²) in [5.74, 6) is 0.708. The number of fused-ring (bicyclic) bond motifs is 2. The minimum atomic E-state index is -3.07. The average Bonchev–Trinajstić information content (AvgIpc) is 2.55. The monoisotopic (exact) mass is 296 g/mol. The normalized spacial score (nSPS) is 31.4.